The lowest BCUT2D eigenvalue weighted by molar-refractivity contribution is 0.340. The van der Waals surface area contributed by atoms with E-state index in [1.807, 2.05) is 73.8 Å². The van der Waals surface area contributed by atoms with Gasteiger partial charge in [0.05, 0.1) is 37.2 Å². The summed E-state index contributed by atoms with van der Waals surface area (Å²) in [6.45, 7) is 6.81. The van der Waals surface area contributed by atoms with E-state index in [4.69, 9.17) is 33.3 Å². The van der Waals surface area contributed by atoms with E-state index in [-0.39, 0.29) is 12.1 Å². The van der Waals surface area contributed by atoms with Gasteiger partial charge in [-0.05, 0) is 99.2 Å². The fourth-order valence-electron chi connectivity index (χ4n) is 5.11. The fourth-order valence-corrected chi connectivity index (χ4v) is 5.63. The number of hydrogen-bond acceptors (Lipinski definition) is 4. The molecule has 2 aromatic heterocycles. The zero-order valence-corrected chi connectivity index (χ0v) is 22.8. The average Bonchev–Trinajstić information content (AvgIpc) is 3.40. The summed E-state index contributed by atoms with van der Waals surface area (Å²) in [6, 6.07) is 21.6. The maximum atomic E-state index is 6.40. The van der Waals surface area contributed by atoms with Crippen LogP contribution in [0.2, 0.25) is 5.02 Å². The van der Waals surface area contributed by atoms with Crippen molar-refractivity contribution >= 4 is 34.6 Å². The lowest BCUT2D eigenvalue weighted by Gasteiger charge is -2.28. The normalized spacial score (nSPS) is 17.1. The van der Waals surface area contributed by atoms with E-state index in [1.165, 1.54) is 0 Å². The summed E-state index contributed by atoms with van der Waals surface area (Å²) in [7, 11) is 1.67. The van der Waals surface area contributed by atoms with Gasteiger partial charge in [-0.2, -0.15) is 0 Å². The summed E-state index contributed by atoms with van der Waals surface area (Å²) in [5, 5.41) is 4.84. The monoisotopic (exact) mass is 532 g/mol. The summed E-state index contributed by atoms with van der Waals surface area (Å²) < 4.78 is 13.5. The molecule has 1 aliphatic heterocycles. The van der Waals surface area contributed by atoms with E-state index >= 15 is 0 Å². The molecule has 1 saturated heterocycles. The molecule has 5 rings (SSSR count). The number of ether oxygens (including phenoxy) is 2. The molecule has 0 spiro atoms. The average molecular weight is 533 g/mol. The number of benzene rings is 2. The van der Waals surface area contributed by atoms with Crippen LogP contribution in [-0.4, -0.2) is 28.4 Å². The quantitative estimate of drug-likeness (QED) is 0.266. The van der Waals surface area contributed by atoms with E-state index < -0.39 is 0 Å². The number of rotatable bonds is 7. The van der Waals surface area contributed by atoms with Crippen LogP contribution in [0.5, 0.6) is 11.5 Å². The minimum Gasteiger partial charge on any atom is -0.495 e. The highest BCUT2D eigenvalue weighted by Crippen LogP contribution is 2.44. The molecule has 6 nitrogen and oxygen atoms in total. The maximum absolute atomic E-state index is 6.40. The number of nitrogens with zero attached hydrogens (tertiary/aromatic N) is 3. The Morgan fingerprint density at radius 1 is 1.05 bits per heavy atom. The van der Waals surface area contributed by atoms with Crippen molar-refractivity contribution in [1.29, 1.82) is 0 Å². The van der Waals surface area contributed by atoms with Crippen LogP contribution >= 0.6 is 23.8 Å². The Balaban J connectivity index is 1.67. The van der Waals surface area contributed by atoms with Crippen LogP contribution in [0.1, 0.15) is 41.7 Å². The first-order valence-electron chi connectivity index (χ1n) is 12.2. The van der Waals surface area contributed by atoms with Crippen molar-refractivity contribution in [3.05, 3.63) is 101 Å². The van der Waals surface area contributed by atoms with Gasteiger partial charge < -0.3 is 24.3 Å². The van der Waals surface area contributed by atoms with Crippen molar-refractivity contribution in [2.24, 2.45) is 0 Å². The van der Waals surface area contributed by atoms with Crippen molar-refractivity contribution in [2.75, 3.05) is 18.6 Å². The zero-order valence-electron chi connectivity index (χ0n) is 21.2. The molecule has 1 aliphatic rings. The van der Waals surface area contributed by atoms with Crippen LogP contribution in [0.15, 0.2) is 72.9 Å². The Morgan fingerprint density at radius 3 is 2.51 bits per heavy atom. The lowest BCUT2D eigenvalue weighted by atomic mass is 9.96. The molecule has 1 fully saturated rings. The topological polar surface area (TPSA) is 51.5 Å². The Bertz CT molecular complexity index is 1420. The third kappa shape index (κ3) is 4.65. The third-order valence-electron chi connectivity index (χ3n) is 6.69. The second kappa shape index (κ2) is 10.4. The molecule has 1 N–H and O–H groups in total. The number of aromatic nitrogens is 2. The Hall–Kier alpha value is -3.55. The molecule has 37 heavy (non-hydrogen) atoms. The predicted molar refractivity (Wildman–Crippen MR) is 152 cm³/mol. The number of aryl methyl sites for hydroxylation is 1. The first-order chi connectivity index (χ1) is 17.9. The molecule has 0 radical (unpaired) electrons. The molecule has 0 unspecified atom stereocenters. The lowest BCUT2D eigenvalue weighted by Crippen LogP contribution is -2.29. The first kappa shape index (κ1) is 25.1. The van der Waals surface area contributed by atoms with Crippen LogP contribution in [0.3, 0.4) is 0 Å². The third-order valence-corrected chi connectivity index (χ3v) is 7.24. The highest BCUT2D eigenvalue weighted by molar-refractivity contribution is 7.80. The van der Waals surface area contributed by atoms with Gasteiger partial charge in [-0.1, -0.05) is 17.7 Å². The number of hydrogen-bond donors (Lipinski definition) is 1. The molecule has 4 aromatic rings. The Morgan fingerprint density at radius 2 is 1.84 bits per heavy atom. The zero-order chi connectivity index (χ0) is 26.1. The van der Waals surface area contributed by atoms with Crippen molar-refractivity contribution in [1.82, 2.24) is 14.9 Å². The molecule has 2 atom stereocenters. The SMILES string of the molecule is CCOc1ccc(N2C(=S)N[C@@H](c3ccccn3)[C@@H]2c2cc(C)n(-c3cc(Cl)ccc3OC)c2C)cc1. The van der Waals surface area contributed by atoms with E-state index in [1.54, 1.807) is 7.11 Å². The fraction of sp³-hybridized carbons (Fsp3) is 0.241. The van der Waals surface area contributed by atoms with Crippen LogP contribution < -0.4 is 19.7 Å². The highest BCUT2D eigenvalue weighted by atomic mass is 35.5. The highest BCUT2D eigenvalue weighted by Gasteiger charge is 2.42. The van der Waals surface area contributed by atoms with Crippen LogP contribution in [0.4, 0.5) is 5.69 Å². The van der Waals surface area contributed by atoms with Gasteiger partial charge >= 0.3 is 0 Å². The van der Waals surface area contributed by atoms with Gasteiger partial charge in [-0.25, -0.2) is 0 Å². The molecule has 3 heterocycles. The minimum atomic E-state index is -0.143. The Labute approximate surface area is 227 Å². The number of methoxy groups -OCH3 is 1. The number of halogens is 1. The molecular formula is C29H29ClN4O2S. The predicted octanol–water partition coefficient (Wildman–Crippen LogP) is 6.73. The number of thiocarbonyl (C=S) groups is 1. The first-order valence-corrected chi connectivity index (χ1v) is 13.0. The van der Waals surface area contributed by atoms with Crippen molar-refractivity contribution in [2.45, 2.75) is 32.9 Å². The largest absolute Gasteiger partial charge is 0.495 e. The summed E-state index contributed by atoms with van der Waals surface area (Å²) in [6.07, 6.45) is 1.82. The molecule has 2 aromatic carbocycles. The summed E-state index contributed by atoms with van der Waals surface area (Å²) in [5.74, 6) is 1.58. The van der Waals surface area contributed by atoms with E-state index in [0.717, 1.165) is 45.5 Å². The van der Waals surface area contributed by atoms with Gasteiger partial charge in [-0.3, -0.25) is 4.98 Å². The molecule has 0 saturated carbocycles. The maximum Gasteiger partial charge on any atom is 0.174 e. The van der Waals surface area contributed by atoms with E-state index in [9.17, 15) is 0 Å². The molecular weight excluding hydrogens is 504 g/mol. The van der Waals surface area contributed by atoms with Gasteiger partial charge in [0.15, 0.2) is 5.11 Å². The number of anilines is 1. The van der Waals surface area contributed by atoms with Gasteiger partial charge in [0.1, 0.15) is 11.5 Å². The smallest absolute Gasteiger partial charge is 0.174 e. The Kier molecular flexibility index (Phi) is 7.09. The summed E-state index contributed by atoms with van der Waals surface area (Å²) in [5.41, 5.74) is 6.08. The van der Waals surface area contributed by atoms with Gasteiger partial charge in [0.25, 0.3) is 0 Å². The van der Waals surface area contributed by atoms with Crippen molar-refractivity contribution in [3.8, 4) is 17.2 Å². The molecule has 8 heteroatoms. The molecule has 190 valence electrons. The van der Waals surface area contributed by atoms with Crippen molar-refractivity contribution < 1.29 is 9.47 Å². The van der Waals surface area contributed by atoms with Gasteiger partial charge in [0, 0.05) is 28.3 Å². The van der Waals surface area contributed by atoms with Gasteiger partial charge in [0.2, 0.25) is 0 Å². The summed E-state index contributed by atoms with van der Waals surface area (Å²) >= 11 is 12.3. The van der Waals surface area contributed by atoms with Crippen LogP contribution in [0.25, 0.3) is 5.69 Å². The molecule has 0 aliphatic carbocycles. The molecule has 0 bridgehead atoms. The summed E-state index contributed by atoms with van der Waals surface area (Å²) in [4.78, 5) is 6.85. The molecule has 0 amide bonds. The van der Waals surface area contributed by atoms with E-state index in [0.29, 0.717) is 16.7 Å². The van der Waals surface area contributed by atoms with E-state index in [2.05, 4.69) is 39.7 Å². The van der Waals surface area contributed by atoms with Gasteiger partial charge in [-0.15, -0.1) is 0 Å². The second-order valence-corrected chi connectivity index (χ2v) is 9.72. The number of nitrogens with one attached hydrogen (secondary N) is 1. The van der Waals surface area contributed by atoms with Crippen molar-refractivity contribution in [3.63, 3.8) is 0 Å². The minimum absolute atomic E-state index is 0.134. The van der Waals surface area contributed by atoms with Crippen LogP contribution in [0, 0.1) is 13.8 Å². The number of pyridine rings is 1. The standard InChI is InChI=1S/C29H29ClN4O2S/c1-5-36-22-12-10-21(11-13-22)34-28(27(32-29(34)37)24-8-6-7-15-31-24)23-16-18(2)33(19(23)3)25-17-20(30)9-14-26(25)35-4/h6-17,27-28H,5H2,1-4H3,(H,32,37)/t27-,28-/m0/s1. The van der Waals surface area contributed by atoms with Crippen LogP contribution in [-0.2, 0) is 0 Å². The second-order valence-electron chi connectivity index (χ2n) is 8.90.